The molecule has 13 N–H and O–H groups in total. The molecule has 0 fully saturated rings. The van der Waals surface area contributed by atoms with Crippen molar-refractivity contribution in [3.63, 3.8) is 0 Å². The number of aliphatic hydroxyl groups is 7. The summed E-state index contributed by atoms with van der Waals surface area (Å²) in [6.45, 7) is 1.92. The molecule has 0 heterocycles. The van der Waals surface area contributed by atoms with Gasteiger partial charge in [0.15, 0.2) is 6.29 Å². The second-order valence-electron chi connectivity index (χ2n) is 11.1. The van der Waals surface area contributed by atoms with Crippen LogP contribution in [-0.2, 0) is 44.3 Å². The van der Waals surface area contributed by atoms with E-state index in [1.807, 2.05) is 13.8 Å². The van der Waals surface area contributed by atoms with Gasteiger partial charge in [-0.2, -0.15) is 0 Å². The van der Waals surface area contributed by atoms with Crippen molar-refractivity contribution in [1.29, 1.82) is 0 Å². The van der Waals surface area contributed by atoms with Crippen LogP contribution >= 0.6 is 0 Å². The average Bonchev–Trinajstić information content (AvgIpc) is 3.08. The van der Waals surface area contributed by atoms with Gasteiger partial charge < -0.3 is 66.6 Å². The van der Waals surface area contributed by atoms with Gasteiger partial charge in [0.1, 0.15) is 41.9 Å². The van der Waals surface area contributed by atoms with Crippen LogP contribution in [0.25, 0.3) is 0 Å². The molecular weight excluding hydrogens is 733 g/mol. The molecule has 2 unspecified atom stereocenters. The van der Waals surface area contributed by atoms with Crippen molar-refractivity contribution < 1.29 is 92.7 Å². The van der Waals surface area contributed by atoms with Crippen LogP contribution in [0.15, 0.2) is 48.5 Å². The van der Waals surface area contributed by atoms with Crippen LogP contribution in [0.5, 0.6) is 11.5 Å². The van der Waals surface area contributed by atoms with Gasteiger partial charge in [0.2, 0.25) is 0 Å². The van der Waals surface area contributed by atoms with Crippen molar-refractivity contribution in [3.8, 4) is 11.5 Å². The topological polar surface area (TPSA) is 312 Å². The van der Waals surface area contributed by atoms with Gasteiger partial charge in [0.25, 0.3) is 0 Å². The summed E-state index contributed by atoms with van der Waals surface area (Å²) in [5.41, 5.74) is 1.09. The molecule has 0 aromatic heterocycles. The van der Waals surface area contributed by atoms with Crippen LogP contribution < -0.4 is 5.32 Å². The summed E-state index contributed by atoms with van der Waals surface area (Å²) in [5, 5.41) is 114. The summed E-state index contributed by atoms with van der Waals surface area (Å²) in [7, 11) is 1.57. The predicted molar refractivity (Wildman–Crippen MR) is 182 cm³/mol. The molecule has 52 heavy (non-hydrogen) atoms. The summed E-state index contributed by atoms with van der Waals surface area (Å²) in [4.78, 5) is 38.0. The van der Waals surface area contributed by atoms with E-state index in [1.165, 1.54) is 53.4 Å². The van der Waals surface area contributed by atoms with Crippen LogP contribution in [0.2, 0.25) is 0 Å². The van der Waals surface area contributed by atoms with Crippen molar-refractivity contribution >= 4 is 17.9 Å². The van der Waals surface area contributed by atoms with E-state index in [9.17, 15) is 55.2 Å². The number of phenols is 2. The number of carboxylic acids is 3. The Morgan fingerprint density at radius 3 is 1.40 bits per heavy atom. The number of aromatic hydroxyl groups is 2. The van der Waals surface area contributed by atoms with Crippen LogP contribution in [0.1, 0.15) is 25.0 Å². The van der Waals surface area contributed by atoms with E-state index < -0.39 is 80.4 Å². The number of hydrogen-bond acceptors (Lipinski definition) is 15. The van der Waals surface area contributed by atoms with Gasteiger partial charge in [-0.3, -0.25) is 24.2 Å². The summed E-state index contributed by atoms with van der Waals surface area (Å²) in [6.07, 6.45) is -7.68. The molecular formula is C33H53MnN3O15+2. The molecule has 2 rings (SSSR count). The Labute approximate surface area is 312 Å². The van der Waals surface area contributed by atoms with E-state index in [-0.39, 0.29) is 61.0 Å². The number of benzene rings is 2. The molecule has 0 bridgehead atoms. The Balaban J connectivity index is 0. The second kappa shape index (κ2) is 27.2. The number of hydrogen-bond donors (Lipinski definition) is 13. The largest absolute Gasteiger partial charge is 2.00 e. The number of rotatable bonds is 21. The third-order valence-electron chi connectivity index (χ3n) is 7.33. The van der Waals surface area contributed by atoms with Crippen LogP contribution in [0, 0.1) is 0 Å². The molecule has 295 valence electrons. The fraction of sp³-hybridized carbons (Fsp3) is 0.545. The molecule has 0 aliphatic rings. The first-order valence-corrected chi connectivity index (χ1v) is 16.1. The molecule has 1 radical (unpaired) electrons. The number of nitrogens with zero attached hydrogens (tertiary/aromatic N) is 2. The van der Waals surface area contributed by atoms with E-state index in [1.54, 1.807) is 7.05 Å². The summed E-state index contributed by atoms with van der Waals surface area (Å²) in [6, 6.07) is 9.05. The van der Waals surface area contributed by atoms with Crippen LogP contribution in [0.4, 0.5) is 0 Å². The molecule has 19 heteroatoms. The fourth-order valence-electron chi connectivity index (χ4n) is 4.71. The number of carbonyl (C=O) groups is 3. The maximum absolute atomic E-state index is 12.1. The second-order valence-corrected chi connectivity index (χ2v) is 11.1. The van der Waals surface area contributed by atoms with Gasteiger partial charge in [-0.15, -0.1) is 0 Å². The summed E-state index contributed by atoms with van der Waals surface area (Å²) >= 11 is 0. The SMILES string of the molecule is CC.CNC[C@H](O)[C@@H](O)[C@H](O)[C@H](O)CO.O=C(O)CN(CCN(CC(O)O)C(Cc1ccc(O)cc1)C(=O)O)C(Cc1ccc(O)cc1)C(=O)O.[Mn+2]. The first-order valence-electron chi connectivity index (χ1n) is 16.1. The van der Waals surface area contributed by atoms with Crippen molar-refractivity contribution in [2.45, 2.75) is 69.5 Å². The number of nitrogens with one attached hydrogen (secondary N) is 1. The first kappa shape index (κ1) is 50.7. The number of likely N-dealkylation sites (N-methyl/N-ethyl adjacent to an activating group) is 1. The Hall–Kier alpha value is -3.43. The molecule has 6 atom stereocenters. The smallest absolute Gasteiger partial charge is 0.508 e. The van der Waals surface area contributed by atoms with E-state index in [0.717, 1.165) is 4.90 Å². The van der Waals surface area contributed by atoms with Gasteiger partial charge >= 0.3 is 35.0 Å². The summed E-state index contributed by atoms with van der Waals surface area (Å²) < 4.78 is 0. The molecule has 2 aromatic carbocycles. The third kappa shape index (κ3) is 19.4. The minimum Gasteiger partial charge on any atom is -0.508 e. The zero-order valence-electron chi connectivity index (χ0n) is 29.2. The normalized spacial score (nSPS) is 14.4. The van der Waals surface area contributed by atoms with Crippen LogP contribution in [-0.4, -0.2) is 178 Å². The maximum atomic E-state index is 12.1. The summed E-state index contributed by atoms with van der Waals surface area (Å²) in [5.74, 6) is -3.88. The predicted octanol–water partition coefficient (Wildman–Crippen LogP) is -2.55. The molecule has 0 amide bonds. The third-order valence-corrected chi connectivity index (χ3v) is 7.33. The van der Waals surface area contributed by atoms with Gasteiger partial charge in [-0.1, -0.05) is 38.1 Å². The minimum absolute atomic E-state index is 0. The molecule has 2 aromatic rings. The Morgan fingerprint density at radius 1 is 0.673 bits per heavy atom. The van der Waals surface area contributed by atoms with E-state index >= 15 is 0 Å². The van der Waals surface area contributed by atoms with E-state index in [0.29, 0.717) is 11.1 Å². The van der Waals surface area contributed by atoms with Gasteiger partial charge in [0, 0.05) is 26.2 Å². The molecule has 0 saturated heterocycles. The van der Waals surface area contributed by atoms with Crippen molar-refractivity contribution in [1.82, 2.24) is 15.1 Å². The molecule has 18 nitrogen and oxygen atoms in total. The standard InChI is InChI=1S/C24H30N2O10.C7H17NO5.C2H6.Mn/c27-17-5-1-15(2-6-17)11-19(23(33)34)25(13-21(29)30)9-10-26(14-22(31)32)20(24(35)36)12-16-3-7-18(28)8-4-16;1-8-2-4(10)6(12)7(13)5(11)3-9;1-2;/h1-8,19-21,27-30H,9-14H2,(H,31,32)(H,33,34)(H,35,36);4-13H,2-3H2,1H3;1-2H3;/q;;;+2/t;4-,5+,6+,7+;;/m.0../s1. The van der Waals surface area contributed by atoms with Gasteiger partial charge in [0.05, 0.1) is 19.3 Å². The monoisotopic (exact) mass is 786 g/mol. The zero-order chi connectivity index (χ0) is 39.3. The number of aliphatic carboxylic acids is 3. The Bertz CT molecular complexity index is 1270. The van der Waals surface area contributed by atoms with E-state index in [4.69, 9.17) is 20.4 Å². The fourth-order valence-corrected chi connectivity index (χ4v) is 4.71. The van der Waals surface area contributed by atoms with Crippen molar-refractivity contribution in [3.05, 3.63) is 59.7 Å². The molecule has 0 spiro atoms. The quantitative estimate of drug-likeness (QED) is 0.0458. The number of phenolic OH excluding ortho intramolecular Hbond substituents is 2. The average molecular weight is 787 g/mol. The minimum atomic E-state index is -1.90. The zero-order valence-corrected chi connectivity index (χ0v) is 30.4. The number of aliphatic hydroxyl groups excluding tert-OH is 6. The van der Waals surface area contributed by atoms with E-state index in [2.05, 4.69) is 5.32 Å². The Morgan fingerprint density at radius 2 is 1.06 bits per heavy atom. The maximum Gasteiger partial charge on any atom is 2.00 e. The van der Waals surface area contributed by atoms with Crippen molar-refractivity contribution in [2.24, 2.45) is 0 Å². The van der Waals surface area contributed by atoms with Gasteiger partial charge in [-0.25, -0.2) is 0 Å². The molecule has 0 saturated carbocycles. The van der Waals surface area contributed by atoms with Crippen molar-refractivity contribution in [2.75, 3.05) is 46.4 Å². The Kier molecular flexibility index (Phi) is 26.5. The van der Waals surface area contributed by atoms with Gasteiger partial charge in [-0.05, 0) is 55.3 Å². The first-order chi connectivity index (χ1) is 24.0. The molecule has 0 aliphatic heterocycles. The van der Waals surface area contributed by atoms with Crippen LogP contribution in [0.3, 0.4) is 0 Å². The number of carboxylic acid groups (broad SMARTS) is 3. The molecule has 0 aliphatic carbocycles.